The van der Waals surface area contributed by atoms with Gasteiger partial charge in [-0.25, -0.2) is 4.90 Å². The predicted octanol–water partition coefficient (Wildman–Crippen LogP) is 0.326. The molecule has 1 fully saturated rings. The van der Waals surface area contributed by atoms with Gasteiger partial charge in [-0.2, -0.15) is 0 Å². The van der Waals surface area contributed by atoms with Crippen LogP contribution >= 0.6 is 0 Å². The summed E-state index contributed by atoms with van der Waals surface area (Å²) in [5.74, 6) is -2.34. The standard InChI is InChI=1S/C20H14N4O6/c1-28-13-9-7-12(8-10-13)24-16(20(27)30-22-24)15-14-17(29-21-15)19(26)23(18(14)25)11-5-3-2-4-6-11/h2-10,14,17H,1H3. The van der Waals surface area contributed by atoms with Crippen LogP contribution in [0.15, 0.2) is 64.3 Å². The summed E-state index contributed by atoms with van der Waals surface area (Å²) < 4.78 is 11.2. The molecule has 3 aromatic rings. The summed E-state index contributed by atoms with van der Waals surface area (Å²) >= 11 is 0. The van der Waals surface area contributed by atoms with Crippen LogP contribution in [0, 0.1) is 5.92 Å². The van der Waals surface area contributed by atoms with E-state index in [1.807, 2.05) is 0 Å². The Morgan fingerprint density at radius 3 is 2.50 bits per heavy atom. The number of carbonyl (C=O) groups is 2. The molecule has 2 aliphatic rings. The molecule has 0 aliphatic carbocycles. The van der Waals surface area contributed by atoms with Crippen molar-refractivity contribution < 1.29 is 33.5 Å². The van der Waals surface area contributed by atoms with Gasteiger partial charge in [0.05, 0.1) is 18.1 Å². The zero-order chi connectivity index (χ0) is 20.8. The highest BCUT2D eigenvalue weighted by Crippen LogP contribution is 2.35. The summed E-state index contributed by atoms with van der Waals surface area (Å²) in [5, 5.41) is 20.1. The first-order valence-electron chi connectivity index (χ1n) is 9.00. The van der Waals surface area contributed by atoms with Gasteiger partial charge < -0.3 is 19.2 Å². The highest BCUT2D eigenvalue weighted by Gasteiger charge is 2.58. The van der Waals surface area contributed by atoms with Crippen molar-refractivity contribution in [3.63, 3.8) is 0 Å². The number of aromatic nitrogens is 2. The molecule has 0 radical (unpaired) electrons. The van der Waals surface area contributed by atoms with Gasteiger partial charge in [0.2, 0.25) is 17.7 Å². The van der Waals surface area contributed by atoms with Gasteiger partial charge in [-0.3, -0.25) is 9.59 Å². The van der Waals surface area contributed by atoms with Gasteiger partial charge >= 0.3 is 0 Å². The van der Waals surface area contributed by atoms with Crippen LogP contribution in [-0.2, 0) is 14.4 Å². The summed E-state index contributed by atoms with van der Waals surface area (Å²) in [6.45, 7) is 0. The van der Waals surface area contributed by atoms with Crippen molar-refractivity contribution in [2.45, 2.75) is 6.10 Å². The number of imide groups is 1. The quantitative estimate of drug-likeness (QED) is 0.452. The number of methoxy groups -OCH3 is 1. The van der Waals surface area contributed by atoms with Gasteiger partial charge in [-0.15, -0.1) is 0 Å². The van der Waals surface area contributed by atoms with E-state index >= 15 is 0 Å². The Bertz CT molecular complexity index is 1170. The Morgan fingerprint density at radius 1 is 1.07 bits per heavy atom. The summed E-state index contributed by atoms with van der Waals surface area (Å²) in [4.78, 5) is 32.2. The van der Waals surface area contributed by atoms with Crippen LogP contribution in [0.2, 0.25) is 0 Å². The minimum atomic E-state index is -1.15. The van der Waals surface area contributed by atoms with Crippen LogP contribution < -0.4 is 19.4 Å². The third-order valence-electron chi connectivity index (χ3n) is 5.00. The van der Waals surface area contributed by atoms with Crippen LogP contribution in [-0.4, -0.2) is 36.0 Å². The van der Waals surface area contributed by atoms with Gasteiger partial charge in [0, 0.05) is 12.1 Å². The lowest BCUT2D eigenvalue weighted by Gasteiger charge is -2.14. The lowest BCUT2D eigenvalue weighted by atomic mass is 9.97. The lowest BCUT2D eigenvalue weighted by molar-refractivity contribution is -0.671. The fourth-order valence-corrected chi connectivity index (χ4v) is 3.57. The number of oxime groups is 1. The maximum absolute atomic E-state index is 13.1. The molecule has 30 heavy (non-hydrogen) atoms. The van der Waals surface area contributed by atoms with Crippen molar-refractivity contribution in [2.24, 2.45) is 11.1 Å². The minimum Gasteiger partial charge on any atom is -0.539 e. The van der Waals surface area contributed by atoms with Crippen molar-refractivity contribution in [3.8, 4) is 17.4 Å². The molecule has 3 heterocycles. The van der Waals surface area contributed by atoms with Crippen molar-refractivity contribution in [1.82, 2.24) is 5.27 Å². The van der Waals surface area contributed by atoms with E-state index in [0.717, 1.165) is 4.90 Å². The second kappa shape index (κ2) is 6.69. The third kappa shape index (κ3) is 2.54. The van der Waals surface area contributed by atoms with E-state index in [2.05, 4.69) is 10.4 Å². The first kappa shape index (κ1) is 17.9. The molecular weight excluding hydrogens is 392 g/mol. The lowest BCUT2D eigenvalue weighted by Crippen LogP contribution is -2.42. The molecule has 2 atom stereocenters. The molecule has 2 aromatic carbocycles. The van der Waals surface area contributed by atoms with Crippen molar-refractivity contribution in [3.05, 3.63) is 60.3 Å². The van der Waals surface area contributed by atoms with Crippen LogP contribution in [0.1, 0.15) is 5.69 Å². The summed E-state index contributed by atoms with van der Waals surface area (Å²) in [5.41, 5.74) is 0.822. The summed E-state index contributed by atoms with van der Waals surface area (Å²) in [6, 6.07) is 15.2. The number of carbonyl (C=O) groups excluding carboxylic acids is 2. The number of rotatable bonds is 4. The highest BCUT2D eigenvalue weighted by molar-refractivity contribution is 6.32. The van der Waals surface area contributed by atoms with E-state index in [4.69, 9.17) is 14.1 Å². The van der Waals surface area contributed by atoms with E-state index in [1.165, 1.54) is 11.8 Å². The monoisotopic (exact) mass is 406 g/mol. The largest absolute Gasteiger partial charge is 0.539 e. The predicted molar refractivity (Wildman–Crippen MR) is 97.9 cm³/mol. The zero-order valence-corrected chi connectivity index (χ0v) is 15.6. The molecule has 0 N–H and O–H groups in total. The normalized spacial score (nSPS) is 20.2. The first-order chi connectivity index (χ1) is 14.6. The second-order valence-electron chi connectivity index (χ2n) is 6.65. The van der Waals surface area contributed by atoms with E-state index in [0.29, 0.717) is 17.1 Å². The Balaban J connectivity index is 1.54. The van der Waals surface area contributed by atoms with Gasteiger partial charge in [-0.05, 0) is 28.9 Å². The maximum atomic E-state index is 13.1. The van der Waals surface area contributed by atoms with Crippen molar-refractivity contribution in [1.29, 1.82) is 0 Å². The van der Waals surface area contributed by atoms with Gasteiger partial charge in [-0.1, -0.05) is 23.4 Å². The van der Waals surface area contributed by atoms with Gasteiger partial charge in [0.25, 0.3) is 11.6 Å². The number of nitrogens with zero attached hydrogens (tertiary/aromatic N) is 4. The molecule has 5 rings (SSSR count). The molecule has 1 aromatic heterocycles. The number of benzene rings is 2. The number of fused-ring (bicyclic) bond motifs is 1. The molecule has 10 nitrogen and oxygen atoms in total. The number of amides is 2. The number of hydrogen-bond donors (Lipinski definition) is 0. The summed E-state index contributed by atoms with van der Waals surface area (Å²) in [6.07, 6.45) is -1.15. The van der Waals surface area contributed by atoms with E-state index in [1.54, 1.807) is 54.6 Å². The average Bonchev–Trinajstić information content (AvgIpc) is 3.44. The van der Waals surface area contributed by atoms with Crippen LogP contribution in [0.3, 0.4) is 0 Å². The SMILES string of the molecule is COc1ccc(-[n+]2noc([O-])c2C2=NOC3C(=O)N(c4ccccc4)C(=O)C23)cc1. The minimum absolute atomic E-state index is 0.00107. The second-order valence-corrected chi connectivity index (χ2v) is 6.65. The molecule has 2 aliphatic heterocycles. The van der Waals surface area contributed by atoms with Crippen molar-refractivity contribution >= 4 is 23.2 Å². The molecule has 1 saturated heterocycles. The van der Waals surface area contributed by atoms with Gasteiger partial charge in [0.1, 0.15) is 11.7 Å². The Morgan fingerprint density at radius 2 is 1.80 bits per heavy atom. The Hall–Kier alpha value is -4.21. The fraction of sp³-hybridized carbons (Fsp3) is 0.150. The van der Waals surface area contributed by atoms with Crippen LogP contribution in [0.5, 0.6) is 11.7 Å². The molecular formula is C20H14N4O6. The summed E-state index contributed by atoms with van der Waals surface area (Å²) in [7, 11) is 1.53. The molecule has 10 heteroatoms. The zero-order valence-electron chi connectivity index (χ0n) is 15.6. The van der Waals surface area contributed by atoms with Crippen LogP contribution in [0.25, 0.3) is 5.69 Å². The smallest absolute Gasteiger partial charge is 0.289 e. The molecule has 2 amide bonds. The number of ether oxygens (including phenoxy) is 1. The first-order valence-corrected chi connectivity index (χ1v) is 9.00. The Kier molecular flexibility index (Phi) is 3.98. The fourth-order valence-electron chi connectivity index (χ4n) is 3.57. The average molecular weight is 406 g/mol. The number of hydrogen-bond acceptors (Lipinski definition) is 8. The Labute approximate surface area is 169 Å². The highest BCUT2D eigenvalue weighted by atomic mass is 16.7. The van der Waals surface area contributed by atoms with E-state index in [-0.39, 0.29) is 11.4 Å². The topological polar surface area (TPSA) is 121 Å². The van der Waals surface area contributed by atoms with Gasteiger partial charge in [0.15, 0.2) is 11.7 Å². The number of anilines is 1. The van der Waals surface area contributed by atoms with E-state index in [9.17, 15) is 14.7 Å². The number of para-hydroxylation sites is 1. The molecule has 0 saturated carbocycles. The molecule has 150 valence electrons. The third-order valence-corrected chi connectivity index (χ3v) is 5.00. The maximum Gasteiger partial charge on any atom is 0.289 e. The molecule has 0 spiro atoms. The molecule has 0 bridgehead atoms. The van der Waals surface area contributed by atoms with Crippen LogP contribution in [0.4, 0.5) is 5.69 Å². The van der Waals surface area contributed by atoms with E-state index < -0.39 is 29.8 Å². The van der Waals surface area contributed by atoms with Crippen molar-refractivity contribution in [2.75, 3.05) is 12.0 Å². The molecule has 2 unspecified atom stereocenters.